The van der Waals surface area contributed by atoms with Crippen LogP contribution in [-0.4, -0.2) is 64.3 Å². The van der Waals surface area contributed by atoms with Crippen molar-refractivity contribution in [1.82, 2.24) is 21.3 Å². The summed E-state index contributed by atoms with van der Waals surface area (Å²) < 4.78 is 0. The van der Waals surface area contributed by atoms with Crippen molar-refractivity contribution in [2.45, 2.75) is 148 Å². The molecular formula is C32H70N6O. The minimum Gasteiger partial charge on any atom is -0.355 e. The van der Waals surface area contributed by atoms with Gasteiger partial charge in [0.25, 0.3) is 0 Å². The van der Waals surface area contributed by atoms with Gasteiger partial charge in [-0.3, -0.25) is 4.79 Å². The van der Waals surface area contributed by atoms with Crippen LogP contribution in [-0.2, 0) is 4.79 Å². The first kappa shape index (κ1) is 38.3. The molecule has 0 heterocycles. The molecule has 0 saturated heterocycles. The number of nitrogens with two attached hydrogens (primary N) is 2. The van der Waals surface area contributed by atoms with Crippen LogP contribution in [0.5, 0.6) is 0 Å². The molecule has 1 atom stereocenters. The molecule has 0 aliphatic carbocycles. The minimum atomic E-state index is -0.379. The van der Waals surface area contributed by atoms with Crippen molar-refractivity contribution in [3.05, 3.63) is 0 Å². The summed E-state index contributed by atoms with van der Waals surface area (Å²) in [6, 6.07) is -0.379. The third kappa shape index (κ3) is 31.7. The second-order valence-corrected chi connectivity index (χ2v) is 11.4. The Morgan fingerprint density at radius 2 is 0.897 bits per heavy atom. The number of hydrogen-bond acceptors (Lipinski definition) is 6. The summed E-state index contributed by atoms with van der Waals surface area (Å²) in [4.78, 5) is 12.2. The smallest absolute Gasteiger partial charge is 0.236 e. The van der Waals surface area contributed by atoms with Crippen LogP contribution in [0, 0.1) is 0 Å². The van der Waals surface area contributed by atoms with Crippen LogP contribution in [0.2, 0.25) is 0 Å². The normalized spacial score (nSPS) is 12.2. The summed E-state index contributed by atoms with van der Waals surface area (Å²) in [7, 11) is 0. The maximum absolute atomic E-state index is 12.2. The van der Waals surface area contributed by atoms with Crippen molar-refractivity contribution in [3.63, 3.8) is 0 Å². The van der Waals surface area contributed by atoms with Gasteiger partial charge in [-0.25, -0.2) is 0 Å². The molecule has 0 bridgehead atoms. The van der Waals surface area contributed by atoms with E-state index in [9.17, 15) is 4.79 Å². The second kappa shape index (κ2) is 33.5. The third-order valence-corrected chi connectivity index (χ3v) is 7.51. The van der Waals surface area contributed by atoms with Crippen molar-refractivity contribution in [2.75, 3.05) is 52.4 Å². The van der Waals surface area contributed by atoms with E-state index in [1.165, 1.54) is 103 Å². The van der Waals surface area contributed by atoms with Gasteiger partial charge in [-0.2, -0.15) is 0 Å². The Kier molecular flexibility index (Phi) is 32.8. The molecule has 0 saturated carbocycles. The largest absolute Gasteiger partial charge is 0.355 e. The molecule has 0 fully saturated rings. The van der Waals surface area contributed by atoms with Gasteiger partial charge in [0.15, 0.2) is 0 Å². The summed E-state index contributed by atoms with van der Waals surface area (Å²) in [5.41, 5.74) is 11.5. The first-order chi connectivity index (χ1) is 19.2. The van der Waals surface area contributed by atoms with Crippen LogP contribution in [0.15, 0.2) is 0 Å². The van der Waals surface area contributed by atoms with Crippen LogP contribution in [0.3, 0.4) is 0 Å². The zero-order valence-electron chi connectivity index (χ0n) is 26.1. The summed E-state index contributed by atoms with van der Waals surface area (Å²) in [6.07, 6.45) is 26.9. The van der Waals surface area contributed by atoms with Crippen molar-refractivity contribution < 1.29 is 4.79 Å². The lowest BCUT2D eigenvalue weighted by Crippen LogP contribution is -2.41. The highest BCUT2D eigenvalue weighted by Crippen LogP contribution is 2.12. The van der Waals surface area contributed by atoms with Gasteiger partial charge in [0.2, 0.25) is 5.91 Å². The molecule has 0 rings (SSSR count). The Morgan fingerprint density at radius 1 is 0.513 bits per heavy atom. The fourth-order valence-electron chi connectivity index (χ4n) is 4.85. The maximum Gasteiger partial charge on any atom is 0.236 e. The van der Waals surface area contributed by atoms with Crippen molar-refractivity contribution in [2.24, 2.45) is 11.5 Å². The number of carbonyl (C=O) groups is 1. The summed E-state index contributed by atoms with van der Waals surface area (Å²) in [5, 5.41) is 13.4. The van der Waals surface area contributed by atoms with Crippen LogP contribution < -0.4 is 32.7 Å². The van der Waals surface area contributed by atoms with E-state index in [-0.39, 0.29) is 11.9 Å². The van der Waals surface area contributed by atoms with E-state index >= 15 is 0 Å². The van der Waals surface area contributed by atoms with Gasteiger partial charge in [0, 0.05) is 6.54 Å². The number of unbranched alkanes of at least 4 members (excludes halogenated alkanes) is 15. The van der Waals surface area contributed by atoms with Gasteiger partial charge in [-0.1, -0.05) is 96.8 Å². The van der Waals surface area contributed by atoms with Gasteiger partial charge in [0.1, 0.15) is 0 Å². The zero-order valence-corrected chi connectivity index (χ0v) is 26.1. The summed E-state index contributed by atoms with van der Waals surface area (Å²) >= 11 is 0. The number of hydrogen-bond donors (Lipinski definition) is 6. The Morgan fingerprint density at radius 3 is 1.38 bits per heavy atom. The first-order valence-electron chi connectivity index (χ1n) is 17.1. The van der Waals surface area contributed by atoms with E-state index < -0.39 is 0 Å². The molecular weight excluding hydrogens is 484 g/mol. The molecule has 0 aromatic rings. The lowest BCUT2D eigenvalue weighted by atomic mass is 10.0. The highest BCUT2D eigenvalue weighted by atomic mass is 16.2. The van der Waals surface area contributed by atoms with Crippen LogP contribution in [0.4, 0.5) is 0 Å². The monoisotopic (exact) mass is 555 g/mol. The van der Waals surface area contributed by atoms with E-state index in [0.29, 0.717) is 6.54 Å². The molecule has 0 radical (unpaired) electrons. The fourth-order valence-corrected chi connectivity index (χ4v) is 4.85. The number of amides is 1. The third-order valence-electron chi connectivity index (χ3n) is 7.51. The van der Waals surface area contributed by atoms with E-state index in [4.69, 9.17) is 11.5 Å². The molecule has 1 amide bonds. The zero-order chi connectivity index (χ0) is 28.5. The van der Waals surface area contributed by atoms with Gasteiger partial charge >= 0.3 is 0 Å². The molecule has 0 aromatic heterocycles. The Labute approximate surface area is 243 Å². The van der Waals surface area contributed by atoms with Gasteiger partial charge < -0.3 is 32.7 Å². The van der Waals surface area contributed by atoms with Crippen molar-refractivity contribution in [3.8, 4) is 0 Å². The predicted octanol–water partition coefficient (Wildman–Crippen LogP) is 5.37. The molecule has 234 valence electrons. The van der Waals surface area contributed by atoms with E-state index in [1.807, 2.05) is 0 Å². The second-order valence-electron chi connectivity index (χ2n) is 11.4. The standard InChI is InChI=1S/C32H70N6O/c1-2-3-4-5-6-7-8-9-10-11-12-13-14-16-24-35-25-17-15-22-31(34)32(39)38-30-21-29-37-27-19-18-26-36-28-20-23-33/h31,35-37H,2-30,33-34H2,1H3,(H,38,39)/t31-/m0/s1. The average Bonchev–Trinajstić information content (AvgIpc) is 2.94. The predicted molar refractivity (Wildman–Crippen MR) is 171 cm³/mol. The SMILES string of the molecule is CCCCCCCCCCCCCCCCNCCCC[C@H](N)C(=O)NCCCNCCCCNCCCN. The van der Waals surface area contributed by atoms with Crippen LogP contribution in [0.25, 0.3) is 0 Å². The fraction of sp³-hybridized carbons (Fsp3) is 0.969. The molecule has 8 N–H and O–H groups in total. The number of nitrogens with one attached hydrogen (secondary N) is 4. The highest BCUT2D eigenvalue weighted by molar-refractivity contribution is 5.81. The molecule has 0 aromatic carbocycles. The average molecular weight is 555 g/mol. The maximum atomic E-state index is 12.2. The highest BCUT2D eigenvalue weighted by Gasteiger charge is 2.11. The molecule has 39 heavy (non-hydrogen) atoms. The van der Waals surface area contributed by atoms with Gasteiger partial charge in [-0.15, -0.1) is 0 Å². The molecule has 0 aliphatic heterocycles. The molecule has 7 nitrogen and oxygen atoms in total. The van der Waals surface area contributed by atoms with Gasteiger partial charge in [0.05, 0.1) is 6.04 Å². The topological polar surface area (TPSA) is 117 Å². The minimum absolute atomic E-state index is 0.00563. The first-order valence-corrected chi connectivity index (χ1v) is 17.1. The van der Waals surface area contributed by atoms with Crippen LogP contribution >= 0.6 is 0 Å². The Hall–Kier alpha value is -0.730. The van der Waals surface area contributed by atoms with E-state index in [1.54, 1.807) is 0 Å². The van der Waals surface area contributed by atoms with Crippen molar-refractivity contribution >= 4 is 5.91 Å². The van der Waals surface area contributed by atoms with Crippen molar-refractivity contribution in [1.29, 1.82) is 0 Å². The number of rotatable bonds is 33. The quantitative estimate of drug-likeness (QED) is 0.0608. The summed E-state index contributed by atoms with van der Waals surface area (Å²) in [5.74, 6) is -0.00563. The number of carbonyl (C=O) groups excluding carboxylic acids is 1. The van der Waals surface area contributed by atoms with E-state index in [2.05, 4.69) is 28.2 Å². The Balaban J connectivity index is 3.25. The lowest BCUT2D eigenvalue weighted by Gasteiger charge is -2.12. The van der Waals surface area contributed by atoms with E-state index in [0.717, 1.165) is 77.9 Å². The van der Waals surface area contributed by atoms with Crippen LogP contribution in [0.1, 0.15) is 142 Å². The molecule has 7 heteroatoms. The molecule has 0 spiro atoms. The molecule has 0 aliphatic rings. The molecule has 0 unspecified atom stereocenters. The summed E-state index contributed by atoms with van der Waals surface area (Å²) in [6.45, 7) is 9.92. The Bertz CT molecular complexity index is 480. The lowest BCUT2D eigenvalue weighted by molar-refractivity contribution is -0.122. The van der Waals surface area contributed by atoms with Gasteiger partial charge in [-0.05, 0) is 90.8 Å².